The van der Waals surface area contributed by atoms with Crippen molar-refractivity contribution in [1.29, 1.82) is 0 Å². The lowest BCUT2D eigenvalue weighted by Gasteiger charge is -2.26. The summed E-state index contributed by atoms with van der Waals surface area (Å²) in [5, 5.41) is 2.74. The maximum Gasteiger partial charge on any atom is 0.340 e. The van der Waals surface area contributed by atoms with Crippen LogP contribution in [0.4, 0.5) is 5.69 Å². The second-order valence-electron chi connectivity index (χ2n) is 6.04. The Hall–Kier alpha value is -2.53. The first-order chi connectivity index (χ1) is 13.9. The highest BCUT2D eigenvalue weighted by Gasteiger charge is 2.26. The molecule has 2 heterocycles. The summed E-state index contributed by atoms with van der Waals surface area (Å²) in [6, 6.07) is 8.73. The van der Waals surface area contributed by atoms with Crippen LogP contribution >= 0.6 is 11.6 Å². The number of halogens is 1. The Morgan fingerprint density at radius 2 is 1.97 bits per heavy atom. The average Bonchev–Trinajstić information content (AvgIpc) is 2.73. The highest BCUT2D eigenvalue weighted by atomic mass is 35.5. The number of rotatable bonds is 6. The Bertz CT molecular complexity index is 991. The van der Waals surface area contributed by atoms with E-state index in [0.717, 1.165) is 0 Å². The van der Waals surface area contributed by atoms with Gasteiger partial charge in [-0.25, -0.2) is 18.2 Å². The summed E-state index contributed by atoms with van der Waals surface area (Å²) in [7, 11) is -3.69. The molecule has 0 bridgehead atoms. The molecule has 0 atom stereocenters. The molecule has 0 unspecified atom stereocenters. The lowest BCUT2D eigenvalue weighted by atomic mass is 10.3. The van der Waals surface area contributed by atoms with Gasteiger partial charge in [-0.3, -0.25) is 4.79 Å². The lowest BCUT2D eigenvalue weighted by molar-refractivity contribution is -0.119. The van der Waals surface area contributed by atoms with Crippen LogP contribution in [0.15, 0.2) is 47.5 Å². The fourth-order valence-electron chi connectivity index (χ4n) is 2.58. The number of ether oxygens (including phenoxy) is 2. The van der Waals surface area contributed by atoms with Crippen molar-refractivity contribution in [1.82, 2.24) is 9.29 Å². The molecule has 1 fully saturated rings. The van der Waals surface area contributed by atoms with E-state index in [-0.39, 0.29) is 34.4 Å². The number of benzene rings is 1. The molecule has 1 aliphatic heterocycles. The summed E-state index contributed by atoms with van der Waals surface area (Å²) in [5.41, 5.74) is 0.425. The van der Waals surface area contributed by atoms with E-state index < -0.39 is 28.5 Å². The number of aromatic nitrogens is 1. The SMILES string of the molecule is O=C(COC(=O)c1ccc(Cl)nc1)Nc1cccc(S(=O)(=O)N2CCOCC2)c1. The molecule has 154 valence electrons. The van der Waals surface area contributed by atoms with Gasteiger partial charge in [0.15, 0.2) is 6.61 Å². The first-order valence-corrected chi connectivity index (χ1v) is 10.4. The number of esters is 1. The molecule has 1 aromatic carbocycles. The molecule has 2 aromatic rings. The Balaban J connectivity index is 1.60. The Labute approximate surface area is 172 Å². The molecule has 0 saturated carbocycles. The van der Waals surface area contributed by atoms with Crippen LogP contribution in [0.1, 0.15) is 10.4 Å². The van der Waals surface area contributed by atoms with Gasteiger partial charge in [0.1, 0.15) is 5.15 Å². The zero-order chi connectivity index (χ0) is 20.9. The second kappa shape index (κ2) is 9.31. The van der Waals surface area contributed by atoms with E-state index in [9.17, 15) is 18.0 Å². The molecule has 1 aromatic heterocycles. The van der Waals surface area contributed by atoms with Gasteiger partial charge in [-0.2, -0.15) is 4.31 Å². The van der Waals surface area contributed by atoms with Crippen molar-refractivity contribution in [3.05, 3.63) is 53.3 Å². The van der Waals surface area contributed by atoms with Gasteiger partial charge in [0.2, 0.25) is 10.0 Å². The van der Waals surface area contributed by atoms with E-state index in [0.29, 0.717) is 13.2 Å². The van der Waals surface area contributed by atoms with E-state index in [2.05, 4.69) is 10.3 Å². The van der Waals surface area contributed by atoms with Crippen molar-refractivity contribution in [3.8, 4) is 0 Å². The number of carbonyl (C=O) groups is 2. The van der Waals surface area contributed by atoms with Gasteiger partial charge in [0.05, 0.1) is 23.7 Å². The largest absolute Gasteiger partial charge is 0.452 e. The van der Waals surface area contributed by atoms with Crippen LogP contribution in [0.25, 0.3) is 0 Å². The van der Waals surface area contributed by atoms with Gasteiger partial charge < -0.3 is 14.8 Å². The average molecular weight is 440 g/mol. The number of hydrogen-bond acceptors (Lipinski definition) is 7. The van der Waals surface area contributed by atoms with Crippen LogP contribution in [0, 0.1) is 0 Å². The van der Waals surface area contributed by atoms with Crippen molar-refractivity contribution in [2.45, 2.75) is 4.90 Å². The molecule has 0 aliphatic carbocycles. The molecule has 3 rings (SSSR count). The molecule has 0 spiro atoms. The number of carbonyl (C=O) groups excluding carboxylic acids is 2. The standard InChI is InChI=1S/C18H18ClN3O6S/c19-16-5-4-13(11-20-16)18(24)28-12-17(23)21-14-2-1-3-15(10-14)29(25,26)22-6-8-27-9-7-22/h1-5,10-11H,6-9,12H2,(H,21,23). The van der Waals surface area contributed by atoms with Crippen LogP contribution in [-0.4, -0.2) is 62.5 Å². The lowest BCUT2D eigenvalue weighted by Crippen LogP contribution is -2.40. The third kappa shape index (κ3) is 5.51. The maximum atomic E-state index is 12.7. The fraction of sp³-hybridized carbons (Fsp3) is 0.278. The van der Waals surface area contributed by atoms with Gasteiger partial charge in [0, 0.05) is 25.0 Å². The summed E-state index contributed by atoms with van der Waals surface area (Å²) in [6.45, 7) is 0.680. The van der Waals surface area contributed by atoms with Gasteiger partial charge in [-0.15, -0.1) is 0 Å². The van der Waals surface area contributed by atoms with Crippen LogP contribution in [0.5, 0.6) is 0 Å². The third-order valence-corrected chi connectivity index (χ3v) is 6.14. The van der Waals surface area contributed by atoms with E-state index in [1.165, 1.54) is 40.8 Å². The van der Waals surface area contributed by atoms with E-state index in [4.69, 9.17) is 21.1 Å². The first-order valence-electron chi connectivity index (χ1n) is 8.63. The number of morpholine rings is 1. The minimum absolute atomic E-state index is 0.0569. The van der Waals surface area contributed by atoms with Crippen molar-refractivity contribution < 1.29 is 27.5 Å². The number of amides is 1. The van der Waals surface area contributed by atoms with Gasteiger partial charge in [0.25, 0.3) is 5.91 Å². The molecule has 1 aliphatic rings. The Morgan fingerprint density at radius 3 is 2.66 bits per heavy atom. The summed E-state index contributed by atoms with van der Waals surface area (Å²) in [4.78, 5) is 27.8. The molecule has 9 nitrogen and oxygen atoms in total. The smallest absolute Gasteiger partial charge is 0.340 e. The van der Waals surface area contributed by atoms with Gasteiger partial charge in [-0.05, 0) is 30.3 Å². The third-order valence-electron chi connectivity index (χ3n) is 4.02. The number of nitrogens with zero attached hydrogens (tertiary/aromatic N) is 2. The Morgan fingerprint density at radius 1 is 1.21 bits per heavy atom. The number of anilines is 1. The summed E-state index contributed by atoms with van der Waals surface area (Å²) in [5.74, 6) is -1.34. The van der Waals surface area contributed by atoms with Crippen molar-refractivity contribution in [2.75, 3.05) is 38.2 Å². The van der Waals surface area contributed by atoms with Crippen LogP contribution < -0.4 is 5.32 Å². The zero-order valence-corrected chi connectivity index (χ0v) is 16.8. The normalized spacial score (nSPS) is 14.9. The zero-order valence-electron chi connectivity index (χ0n) is 15.2. The second-order valence-corrected chi connectivity index (χ2v) is 8.36. The van der Waals surface area contributed by atoms with Gasteiger partial charge >= 0.3 is 5.97 Å². The van der Waals surface area contributed by atoms with E-state index >= 15 is 0 Å². The summed E-state index contributed by atoms with van der Waals surface area (Å²) >= 11 is 5.65. The molecule has 29 heavy (non-hydrogen) atoms. The van der Waals surface area contributed by atoms with Crippen LogP contribution in [-0.2, 0) is 24.3 Å². The van der Waals surface area contributed by atoms with E-state index in [1.807, 2.05) is 0 Å². The Kier molecular flexibility index (Phi) is 6.80. The maximum absolute atomic E-state index is 12.7. The van der Waals surface area contributed by atoms with Crippen LogP contribution in [0.3, 0.4) is 0 Å². The quantitative estimate of drug-likeness (QED) is 0.536. The molecule has 1 amide bonds. The highest BCUT2D eigenvalue weighted by Crippen LogP contribution is 2.20. The first kappa shape index (κ1) is 21.2. The molecule has 11 heteroatoms. The number of sulfonamides is 1. The minimum Gasteiger partial charge on any atom is -0.452 e. The monoisotopic (exact) mass is 439 g/mol. The van der Waals surface area contributed by atoms with Crippen molar-refractivity contribution in [2.24, 2.45) is 0 Å². The highest BCUT2D eigenvalue weighted by molar-refractivity contribution is 7.89. The molecule has 1 N–H and O–H groups in total. The van der Waals surface area contributed by atoms with Gasteiger partial charge in [-0.1, -0.05) is 17.7 Å². The van der Waals surface area contributed by atoms with Crippen LogP contribution in [0.2, 0.25) is 5.15 Å². The predicted octanol–water partition coefficient (Wildman–Crippen LogP) is 1.55. The fourth-order valence-corrected chi connectivity index (χ4v) is 4.14. The molecular formula is C18H18ClN3O6S. The molecule has 0 radical (unpaired) electrons. The number of hydrogen-bond donors (Lipinski definition) is 1. The summed E-state index contributed by atoms with van der Waals surface area (Å²) < 4.78 is 36.8. The number of nitrogens with one attached hydrogen (secondary N) is 1. The van der Waals surface area contributed by atoms with Crippen molar-refractivity contribution in [3.63, 3.8) is 0 Å². The molecule has 1 saturated heterocycles. The topological polar surface area (TPSA) is 115 Å². The minimum atomic E-state index is -3.69. The summed E-state index contributed by atoms with van der Waals surface area (Å²) in [6.07, 6.45) is 1.24. The van der Waals surface area contributed by atoms with Crippen molar-refractivity contribution >= 4 is 39.2 Å². The molecular weight excluding hydrogens is 422 g/mol. The van der Waals surface area contributed by atoms with E-state index in [1.54, 1.807) is 6.07 Å². The predicted molar refractivity (Wildman–Crippen MR) is 104 cm³/mol. The number of pyridine rings is 1.